The third kappa shape index (κ3) is 2.00. The first-order chi connectivity index (χ1) is 6.90. The Kier molecular flexibility index (Phi) is 2.90. The molecule has 0 spiro atoms. The van der Waals surface area contributed by atoms with E-state index in [4.69, 9.17) is 4.42 Å². The zero-order valence-electron chi connectivity index (χ0n) is 7.80. The number of nitrogens with one attached hydrogen (secondary N) is 1. The highest BCUT2D eigenvalue weighted by Crippen LogP contribution is 2.16. The highest BCUT2D eigenvalue weighted by molar-refractivity contribution is 7.03. The summed E-state index contributed by atoms with van der Waals surface area (Å²) in [6, 6.07) is 4.03. The molecule has 2 rings (SSSR count). The van der Waals surface area contributed by atoms with E-state index in [2.05, 4.69) is 14.9 Å². The van der Waals surface area contributed by atoms with E-state index in [1.54, 1.807) is 6.26 Å². The average Bonchev–Trinajstić information content (AvgIpc) is 2.86. The number of hydrogen-bond acceptors (Lipinski definition) is 5. The maximum Gasteiger partial charge on any atom is 0.105 e. The Morgan fingerprint density at radius 1 is 1.64 bits per heavy atom. The Bertz CT molecular complexity index is 357. The van der Waals surface area contributed by atoms with Crippen molar-refractivity contribution < 1.29 is 4.42 Å². The molecule has 1 N–H and O–H groups in total. The predicted molar refractivity (Wildman–Crippen MR) is 54.1 cm³/mol. The minimum Gasteiger partial charge on any atom is -0.469 e. The van der Waals surface area contributed by atoms with E-state index in [1.165, 1.54) is 11.5 Å². The second-order valence-electron chi connectivity index (χ2n) is 2.95. The second-order valence-corrected chi connectivity index (χ2v) is 3.56. The van der Waals surface area contributed by atoms with Crippen molar-refractivity contribution in [2.24, 2.45) is 0 Å². The molecule has 0 aromatic carbocycles. The van der Waals surface area contributed by atoms with E-state index in [0.717, 1.165) is 17.9 Å². The maximum atomic E-state index is 5.28. The molecule has 0 amide bonds. The summed E-state index contributed by atoms with van der Waals surface area (Å²) in [7, 11) is 1.91. The van der Waals surface area contributed by atoms with Gasteiger partial charge in [-0.15, -0.1) is 5.10 Å². The minimum absolute atomic E-state index is 0.180. The van der Waals surface area contributed by atoms with Gasteiger partial charge in [0, 0.05) is 11.8 Å². The zero-order valence-corrected chi connectivity index (χ0v) is 8.62. The van der Waals surface area contributed by atoms with Crippen molar-refractivity contribution in [2.45, 2.75) is 12.5 Å². The van der Waals surface area contributed by atoms with Gasteiger partial charge in [-0.2, -0.15) is 0 Å². The van der Waals surface area contributed by atoms with E-state index < -0.39 is 0 Å². The molecule has 0 saturated carbocycles. The fraction of sp³-hybridized carbons (Fsp3) is 0.333. The lowest BCUT2D eigenvalue weighted by Gasteiger charge is -2.10. The topological polar surface area (TPSA) is 51.0 Å². The monoisotopic (exact) mass is 209 g/mol. The van der Waals surface area contributed by atoms with Gasteiger partial charge in [-0.3, -0.25) is 0 Å². The molecule has 14 heavy (non-hydrogen) atoms. The number of rotatable bonds is 4. The van der Waals surface area contributed by atoms with Gasteiger partial charge in [0.1, 0.15) is 5.76 Å². The van der Waals surface area contributed by atoms with Crippen LogP contribution >= 0.6 is 11.5 Å². The van der Waals surface area contributed by atoms with Crippen LogP contribution in [0.5, 0.6) is 0 Å². The summed E-state index contributed by atoms with van der Waals surface area (Å²) < 4.78 is 9.12. The summed E-state index contributed by atoms with van der Waals surface area (Å²) in [5, 5.41) is 9.17. The standard InChI is InChI=1S/C9H11N3OS/c1-10-8(9-6-14-12-11-9)5-7-3-2-4-13-7/h2-4,6,8,10H,5H2,1H3. The number of likely N-dealkylation sites (N-methyl/N-ethyl adjacent to an activating group) is 1. The molecule has 0 bridgehead atoms. The first-order valence-electron chi connectivity index (χ1n) is 4.36. The lowest BCUT2D eigenvalue weighted by atomic mass is 10.1. The van der Waals surface area contributed by atoms with Crippen molar-refractivity contribution >= 4 is 11.5 Å². The number of furan rings is 1. The summed E-state index contributed by atoms with van der Waals surface area (Å²) in [6.45, 7) is 0. The molecule has 2 aromatic rings. The van der Waals surface area contributed by atoms with Crippen molar-refractivity contribution in [3.05, 3.63) is 35.2 Å². The third-order valence-corrected chi connectivity index (χ3v) is 2.59. The molecule has 0 fully saturated rings. The third-order valence-electron chi connectivity index (χ3n) is 2.07. The number of aromatic nitrogens is 2. The van der Waals surface area contributed by atoms with E-state index in [0.29, 0.717) is 0 Å². The lowest BCUT2D eigenvalue weighted by Crippen LogP contribution is -2.18. The Hall–Kier alpha value is -1.20. The van der Waals surface area contributed by atoms with Crippen LogP contribution in [-0.4, -0.2) is 16.6 Å². The van der Waals surface area contributed by atoms with Crippen LogP contribution in [-0.2, 0) is 6.42 Å². The van der Waals surface area contributed by atoms with Crippen LogP contribution in [0.2, 0.25) is 0 Å². The van der Waals surface area contributed by atoms with Gasteiger partial charge in [0.15, 0.2) is 0 Å². The van der Waals surface area contributed by atoms with Crippen LogP contribution in [0.15, 0.2) is 28.2 Å². The molecule has 0 aliphatic carbocycles. The summed E-state index contributed by atoms with van der Waals surface area (Å²) in [5.41, 5.74) is 0.967. The first-order valence-corrected chi connectivity index (χ1v) is 5.20. The predicted octanol–water partition coefficient (Wildman–Crippen LogP) is 1.63. The quantitative estimate of drug-likeness (QED) is 0.831. The number of hydrogen-bond donors (Lipinski definition) is 1. The molecule has 74 valence electrons. The van der Waals surface area contributed by atoms with Crippen LogP contribution in [0.4, 0.5) is 0 Å². The van der Waals surface area contributed by atoms with Crippen molar-refractivity contribution in [1.82, 2.24) is 14.9 Å². The molecular weight excluding hydrogens is 198 g/mol. The second kappa shape index (κ2) is 4.34. The molecule has 4 nitrogen and oxygen atoms in total. The van der Waals surface area contributed by atoms with Gasteiger partial charge in [0.05, 0.1) is 18.0 Å². The van der Waals surface area contributed by atoms with Crippen molar-refractivity contribution in [2.75, 3.05) is 7.05 Å². The molecule has 1 atom stereocenters. The van der Waals surface area contributed by atoms with Crippen LogP contribution in [0.1, 0.15) is 17.5 Å². The molecule has 0 radical (unpaired) electrons. The summed E-state index contributed by atoms with van der Waals surface area (Å²) >= 11 is 1.36. The van der Waals surface area contributed by atoms with Crippen LogP contribution < -0.4 is 5.32 Å². The molecule has 0 aliphatic rings. The Morgan fingerprint density at radius 3 is 3.14 bits per heavy atom. The first kappa shape index (κ1) is 9.36. The van der Waals surface area contributed by atoms with Crippen LogP contribution in [0.25, 0.3) is 0 Å². The van der Waals surface area contributed by atoms with E-state index >= 15 is 0 Å². The normalized spacial score (nSPS) is 12.9. The van der Waals surface area contributed by atoms with E-state index in [-0.39, 0.29) is 6.04 Å². The molecular formula is C9H11N3OS. The summed E-state index contributed by atoms with van der Waals surface area (Å²) in [4.78, 5) is 0. The molecule has 2 heterocycles. The molecule has 5 heteroatoms. The molecule has 2 aromatic heterocycles. The van der Waals surface area contributed by atoms with Crippen LogP contribution in [0, 0.1) is 0 Å². The largest absolute Gasteiger partial charge is 0.469 e. The van der Waals surface area contributed by atoms with Crippen molar-refractivity contribution in [3.63, 3.8) is 0 Å². The average molecular weight is 209 g/mol. The Morgan fingerprint density at radius 2 is 2.57 bits per heavy atom. The fourth-order valence-electron chi connectivity index (χ4n) is 1.31. The maximum absolute atomic E-state index is 5.28. The fourth-order valence-corrected chi connectivity index (χ4v) is 1.82. The van der Waals surface area contributed by atoms with Gasteiger partial charge in [0.2, 0.25) is 0 Å². The number of nitrogens with zero attached hydrogens (tertiary/aromatic N) is 2. The van der Waals surface area contributed by atoms with Gasteiger partial charge in [-0.25, -0.2) is 0 Å². The zero-order chi connectivity index (χ0) is 9.80. The van der Waals surface area contributed by atoms with Crippen LogP contribution in [0.3, 0.4) is 0 Å². The summed E-state index contributed by atoms with van der Waals surface area (Å²) in [6.07, 6.45) is 2.48. The molecule has 1 unspecified atom stereocenters. The highest BCUT2D eigenvalue weighted by Gasteiger charge is 2.13. The van der Waals surface area contributed by atoms with E-state index in [9.17, 15) is 0 Å². The van der Waals surface area contributed by atoms with Crippen molar-refractivity contribution in [3.8, 4) is 0 Å². The minimum atomic E-state index is 0.180. The smallest absolute Gasteiger partial charge is 0.105 e. The van der Waals surface area contributed by atoms with Gasteiger partial charge in [-0.1, -0.05) is 4.49 Å². The van der Waals surface area contributed by atoms with Gasteiger partial charge in [-0.05, 0) is 30.7 Å². The molecule has 0 aliphatic heterocycles. The Labute approximate surface area is 86.1 Å². The van der Waals surface area contributed by atoms with Gasteiger partial charge < -0.3 is 9.73 Å². The van der Waals surface area contributed by atoms with Crippen molar-refractivity contribution in [1.29, 1.82) is 0 Å². The van der Waals surface area contributed by atoms with Gasteiger partial charge in [0.25, 0.3) is 0 Å². The Balaban J connectivity index is 2.08. The SMILES string of the molecule is CNC(Cc1ccco1)c1csnn1. The highest BCUT2D eigenvalue weighted by atomic mass is 32.1. The molecule has 0 saturated heterocycles. The summed E-state index contributed by atoms with van der Waals surface area (Å²) in [5.74, 6) is 0.956. The van der Waals surface area contributed by atoms with E-state index in [1.807, 2.05) is 24.6 Å². The lowest BCUT2D eigenvalue weighted by molar-refractivity contribution is 0.461. The van der Waals surface area contributed by atoms with Gasteiger partial charge >= 0.3 is 0 Å².